The van der Waals surface area contributed by atoms with Crippen molar-refractivity contribution in [2.45, 2.75) is 50.7 Å². The Bertz CT molecular complexity index is 1060. The van der Waals surface area contributed by atoms with Crippen LogP contribution in [0, 0.1) is 0 Å². The molecule has 1 unspecified atom stereocenters. The minimum atomic E-state index is 0. The van der Waals surface area contributed by atoms with Crippen molar-refractivity contribution in [2.24, 2.45) is 0 Å². The van der Waals surface area contributed by atoms with E-state index < -0.39 is 0 Å². The van der Waals surface area contributed by atoms with E-state index in [2.05, 4.69) is 11.0 Å². The molecule has 1 saturated heterocycles. The van der Waals surface area contributed by atoms with Crippen LogP contribution in [0.1, 0.15) is 36.8 Å². The topological polar surface area (TPSA) is 69.7 Å². The van der Waals surface area contributed by atoms with Crippen molar-refractivity contribution in [1.29, 1.82) is 0 Å². The Morgan fingerprint density at radius 1 is 0.769 bits per heavy atom. The van der Waals surface area contributed by atoms with Crippen LogP contribution in [0.2, 0.25) is 0 Å². The van der Waals surface area contributed by atoms with Crippen LogP contribution in [0.4, 0.5) is 0 Å². The largest absolute Gasteiger partial charge is 0.493 e. The highest BCUT2D eigenvalue weighted by molar-refractivity contribution is 5.85. The van der Waals surface area contributed by atoms with Gasteiger partial charge in [0.2, 0.25) is 5.91 Å². The number of nitrogens with zero attached hydrogens (tertiary/aromatic N) is 2. The van der Waals surface area contributed by atoms with Gasteiger partial charge in [-0.15, -0.1) is 12.4 Å². The number of amides is 1. The van der Waals surface area contributed by atoms with Crippen molar-refractivity contribution in [2.75, 3.05) is 61.2 Å². The maximum atomic E-state index is 13.0. The van der Waals surface area contributed by atoms with E-state index in [1.54, 1.807) is 28.4 Å². The molecule has 0 radical (unpaired) electrons. The van der Waals surface area contributed by atoms with Crippen molar-refractivity contribution in [3.05, 3.63) is 47.5 Å². The van der Waals surface area contributed by atoms with E-state index >= 15 is 0 Å². The third-order valence-electron chi connectivity index (χ3n) is 7.78. The maximum Gasteiger partial charge on any atom is 0.227 e. The van der Waals surface area contributed by atoms with Gasteiger partial charge in [-0.3, -0.25) is 9.69 Å². The Morgan fingerprint density at radius 3 is 1.95 bits per heavy atom. The second-order valence-corrected chi connectivity index (χ2v) is 9.98. The van der Waals surface area contributed by atoms with Crippen LogP contribution in [-0.2, 0) is 22.4 Å². The quantitative estimate of drug-likeness (QED) is 0.402. The van der Waals surface area contributed by atoms with Gasteiger partial charge in [-0.05, 0) is 54.7 Å². The minimum Gasteiger partial charge on any atom is -0.493 e. The molecule has 0 spiro atoms. The lowest BCUT2D eigenvalue weighted by atomic mass is 9.90. The number of halogens is 1. The molecule has 0 N–H and O–H groups in total. The lowest BCUT2D eigenvalue weighted by Crippen LogP contribution is -2.56. The van der Waals surface area contributed by atoms with Crippen LogP contribution in [0.15, 0.2) is 36.4 Å². The summed E-state index contributed by atoms with van der Waals surface area (Å²) in [6, 6.07) is 12.1. The molecule has 2 fully saturated rings. The highest BCUT2D eigenvalue weighted by Gasteiger charge is 2.33. The van der Waals surface area contributed by atoms with Gasteiger partial charge in [0.25, 0.3) is 0 Å². The summed E-state index contributed by atoms with van der Waals surface area (Å²) in [6.45, 7) is 3.96. The molecule has 1 aliphatic carbocycles. The zero-order valence-electron chi connectivity index (χ0n) is 23.6. The zero-order valence-corrected chi connectivity index (χ0v) is 24.5. The number of ether oxygens (including phenoxy) is 5. The standard InChI is InChI=1S/C30H42N2O6.ClH/c1-34-26-11-9-22(19-28(26)36-3)13-18-38-25-8-6-5-7-24(25)31-14-16-32(17-15-31)30(33)21-23-10-12-27(35-2)29(20-23)37-4;/h9-12,19-20,24-25H,5-8,13-18,21H2,1-4H3;1H/t24-,25?;/m1./s1. The Morgan fingerprint density at radius 2 is 1.33 bits per heavy atom. The third-order valence-corrected chi connectivity index (χ3v) is 7.78. The second kappa shape index (κ2) is 15.2. The number of hydrogen-bond donors (Lipinski definition) is 0. The first-order valence-corrected chi connectivity index (χ1v) is 13.6. The predicted molar refractivity (Wildman–Crippen MR) is 154 cm³/mol. The molecule has 2 aromatic rings. The summed E-state index contributed by atoms with van der Waals surface area (Å²) in [7, 11) is 6.54. The molecule has 2 atom stereocenters. The van der Waals surface area contributed by atoms with E-state index in [4.69, 9.17) is 23.7 Å². The van der Waals surface area contributed by atoms with Crippen LogP contribution in [-0.4, -0.2) is 89.1 Å². The van der Waals surface area contributed by atoms with Crippen LogP contribution >= 0.6 is 12.4 Å². The van der Waals surface area contributed by atoms with Crippen LogP contribution in [0.5, 0.6) is 23.0 Å². The summed E-state index contributed by atoms with van der Waals surface area (Å²) in [4.78, 5) is 17.6. The highest BCUT2D eigenvalue weighted by atomic mass is 35.5. The van der Waals surface area contributed by atoms with Gasteiger partial charge in [-0.1, -0.05) is 25.0 Å². The molecule has 2 aromatic carbocycles. The highest BCUT2D eigenvalue weighted by Crippen LogP contribution is 2.30. The molecule has 1 heterocycles. The van der Waals surface area contributed by atoms with Gasteiger partial charge < -0.3 is 28.6 Å². The average molecular weight is 563 g/mol. The molecule has 9 heteroatoms. The first kappa shape index (κ1) is 30.9. The number of piperazine rings is 1. The first-order valence-electron chi connectivity index (χ1n) is 13.6. The van der Waals surface area contributed by atoms with Crippen molar-refractivity contribution < 1.29 is 28.5 Å². The van der Waals surface area contributed by atoms with E-state index in [-0.39, 0.29) is 24.4 Å². The third kappa shape index (κ3) is 7.93. The fourth-order valence-electron chi connectivity index (χ4n) is 5.63. The summed E-state index contributed by atoms with van der Waals surface area (Å²) in [6.07, 6.45) is 6.13. The van der Waals surface area contributed by atoms with Gasteiger partial charge in [0.05, 0.1) is 47.6 Å². The van der Waals surface area contributed by atoms with Crippen molar-refractivity contribution >= 4 is 18.3 Å². The van der Waals surface area contributed by atoms with Gasteiger partial charge in [0.15, 0.2) is 23.0 Å². The van der Waals surface area contributed by atoms with E-state index in [0.717, 1.165) is 62.5 Å². The number of rotatable bonds is 11. The van der Waals surface area contributed by atoms with Crippen molar-refractivity contribution in [1.82, 2.24) is 9.80 Å². The molecule has 1 aliphatic heterocycles. The maximum absolute atomic E-state index is 13.0. The summed E-state index contributed by atoms with van der Waals surface area (Å²) in [5.41, 5.74) is 2.11. The summed E-state index contributed by atoms with van der Waals surface area (Å²) < 4.78 is 27.9. The fraction of sp³-hybridized carbons (Fsp3) is 0.567. The molecule has 1 amide bonds. The lowest BCUT2D eigenvalue weighted by Gasteiger charge is -2.44. The molecule has 216 valence electrons. The van der Waals surface area contributed by atoms with Crippen LogP contribution in [0.25, 0.3) is 0 Å². The Balaban J connectivity index is 0.00000420. The first-order chi connectivity index (χ1) is 18.6. The molecule has 8 nitrogen and oxygen atoms in total. The number of carbonyl (C=O) groups is 1. The minimum absolute atomic E-state index is 0. The second-order valence-electron chi connectivity index (χ2n) is 9.98. The number of methoxy groups -OCH3 is 4. The van der Waals surface area contributed by atoms with Gasteiger partial charge in [0, 0.05) is 32.2 Å². The molecular weight excluding hydrogens is 520 g/mol. The van der Waals surface area contributed by atoms with Crippen LogP contribution in [0.3, 0.4) is 0 Å². The molecule has 1 saturated carbocycles. The Labute approximate surface area is 238 Å². The molecule has 0 aromatic heterocycles. The molecule has 39 heavy (non-hydrogen) atoms. The Hall–Kier alpha value is -2.68. The zero-order chi connectivity index (χ0) is 26.9. The van der Waals surface area contributed by atoms with E-state index in [1.165, 1.54) is 18.4 Å². The van der Waals surface area contributed by atoms with E-state index in [1.807, 2.05) is 35.2 Å². The van der Waals surface area contributed by atoms with Crippen LogP contribution < -0.4 is 18.9 Å². The van der Waals surface area contributed by atoms with Gasteiger partial charge in [-0.2, -0.15) is 0 Å². The number of carbonyl (C=O) groups excluding carboxylic acids is 1. The Kier molecular flexibility index (Phi) is 12.0. The summed E-state index contributed by atoms with van der Waals surface area (Å²) >= 11 is 0. The van der Waals surface area contributed by atoms with E-state index in [0.29, 0.717) is 30.6 Å². The smallest absolute Gasteiger partial charge is 0.227 e. The van der Waals surface area contributed by atoms with Gasteiger partial charge >= 0.3 is 0 Å². The van der Waals surface area contributed by atoms with Crippen molar-refractivity contribution in [3.8, 4) is 23.0 Å². The predicted octanol–water partition coefficient (Wildman–Crippen LogP) is 4.40. The average Bonchev–Trinajstić information content (AvgIpc) is 2.97. The molecular formula is C30H43ClN2O6. The van der Waals surface area contributed by atoms with Crippen molar-refractivity contribution in [3.63, 3.8) is 0 Å². The monoisotopic (exact) mass is 562 g/mol. The number of benzene rings is 2. The number of hydrogen-bond acceptors (Lipinski definition) is 7. The summed E-state index contributed by atoms with van der Waals surface area (Å²) in [5, 5.41) is 0. The summed E-state index contributed by atoms with van der Waals surface area (Å²) in [5.74, 6) is 2.97. The molecule has 4 rings (SSSR count). The van der Waals surface area contributed by atoms with Gasteiger partial charge in [-0.25, -0.2) is 0 Å². The fourth-order valence-corrected chi connectivity index (χ4v) is 5.63. The SMILES string of the molecule is COc1ccc(CCOC2CCCC[C@H]2N2CCN(C(=O)Cc3ccc(OC)c(OC)c3)CC2)cc1OC.Cl. The molecule has 0 bridgehead atoms. The normalized spacial score (nSPS) is 19.6. The lowest BCUT2D eigenvalue weighted by molar-refractivity contribution is -0.133. The molecule has 2 aliphatic rings. The van der Waals surface area contributed by atoms with Gasteiger partial charge in [0.1, 0.15) is 0 Å². The van der Waals surface area contributed by atoms with E-state index in [9.17, 15) is 4.79 Å².